The molecule has 122 valence electrons. The molecule has 1 aromatic carbocycles. The van der Waals surface area contributed by atoms with E-state index >= 15 is 0 Å². The van der Waals surface area contributed by atoms with Crippen molar-refractivity contribution >= 4 is 11.3 Å². The van der Waals surface area contributed by atoms with Crippen molar-refractivity contribution in [3.63, 3.8) is 0 Å². The molecule has 0 amide bonds. The lowest BCUT2D eigenvalue weighted by Gasteiger charge is -2.06. The Morgan fingerprint density at radius 2 is 2.25 bits per heavy atom. The van der Waals surface area contributed by atoms with Crippen LogP contribution in [-0.2, 0) is 11.2 Å². The van der Waals surface area contributed by atoms with Crippen molar-refractivity contribution < 1.29 is 9.26 Å². The Kier molecular flexibility index (Phi) is 4.99. The van der Waals surface area contributed by atoms with Gasteiger partial charge in [-0.05, 0) is 32.0 Å². The summed E-state index contributed by atoms with van der Waals surface area (Å²) in [6.07, 6.45) is 0.486. The molecule has 6 nitrogen and oxygen atoms in total. The standard InChI is InChI=1S/C17H16N4O2S/c1-3-22-11(2)17-19-14(10-24-17)8-15-20-16(23-21-15)13-6-4-5-12(7-13)9-18/h4-7,10-11H,3,8H2,1-2H3. The fraction of sp³-hybridized carbons (Fsp3) is 0.294. The van der Waals surface area contributed by atoms with Crippen LogP contribution >= 0.6 is 11.3 Å². The molecule has 3 rings (SSSR count). The van der Waals surface area contributed by atoms with Gasteiger partial charge in [-0.3, -0.25) is 0 Å². The average molecular weight is 340 g/mol. The van der Waals surface area contributed by atoms with Crippen LogP contribution in [0, 0.1) is 11.3 Å². The maximum absolute atomic E-state index is 8.96. The zero-order valence-electron chi connectivity index (χ0n) is 13.4. The van der Waals surface area contributed by atoms with Gasteiger partial charge in [0.2, 0.25) is 0 Å². The van der Waals surface area contributed by atoms with Gasteiger partial charge in [-0.2, -0.15) is 10.2 Å². The molecule has 0 N–H and O–H groups in total. The summed E-state index contributed by atoms with van der Waals surface area (Å²) in [5, 5.41) is 15.9. The number of hydrogen-bond donors (Lipinski definition) is 0. The van der Waals surface area contributed by atoms with Crippen LogP contribution in [0.1, 0.15) is 42.0 Å². The van der Waals surface area contributed by atoms with Crippen molar-refractivity contribution in [2.75, 3.05) is 6.61 Å². The number of rotatable bonds is 6. The minimum atomic E-state index is -0.0108. The first kappa shape index (κ1) is 16.3. The summed E-state index contributed by atoms with van der Waals surface area (Å²) in [4.78, 5) is 8.95. The number of nitriles is 1. The highest BCUT2D eigenvalue weighted by Crippen LogP contribution is 2.23. The van der Waals surface area contributed by atoms with Crippen LogP contribution < -0.4 is 0 Å². The second-order valence-corrected chi connectivity index (χ2v) is 6.05. The molecule has 3 aromatic rings. The molecule has 2 heterocycles. The molecule has 0 bridgehead atoms. The number of thiazole rings is 1. The van der Waals surface area contributed by atoms with Crippen LogP contribution in [0.2, 0.25) is 0 Å². The lowest BCUT2D eigenvalue weighted by atomic mass is 10.1. The van der Waals surface area contributed by atoms with E-state index in [1.807, 2.05) is 25.3 Å². The van der Waals surface area contributed by atoms with E-state index in [1.165, 1.54) is 0 Å². The Morgan fingerprint density at radius 1 is 1.38 bits per heavy atom. The fourth-order valence-electron chi connectivity index (χ4n) is 2.24. The third-order valence-corrected chi connectivity index (χ3v) is 4.43. The Bertz CT molecular complexity index is 865. The predicted octanol–water partition coefficient (Wildman–Crippen LogP) is 3.75. The maximum atomic E-state index is 8.96. The van der Waals surface area contributed by atoms with Crippen molar-refractivity contribution in [1.29, 1.82) is 5.26 Å². The van der Waals surface area contributed by atoms with Gasteiger partial charge in [-0.1, -0.05) is 11.2 Å². The molecule has 0 saturated carbocycles. The lowest BCUT2D eigenvalue weighted by molar-refractivity contribution is 0.0761. The molecule has 0 radical (unpaired) electrons. The predicted molar refractivity (Wildman–Crippen MR) is 89.4 cm³/mol. The number of benzene rings is 1. The van der Waals surface area contributed by atoms with E-state index in [1.54, 1.807) is 29.5 Å². The molecule has 1 unspecified atom stereocenters. The second kappa shape index (κ2) is 7.34. The minimum Gasteiger partial charge on any atom is -0.372 e. The first-order valence-corrected chi connectivity index (χ1v) is 8.46. The van der Waals surface area contributed by atoms with Gasteiger partial charge in [0.1, 0.15) is 11.1 Å². The third-order valence-electron chi connectivity index (χ3n) is 3.38. The Labute approximate surface area is 143 Å². The first-order chi connectivity index (χ1) is 11.7. The highest BCUT2D eigenvalue weighted by molar-refractivity contribution is 7.09. The van der Waals surface area contributed by atoms with E-state index in [4.69, 9.17) is 14.5 Å². The Morgan fingerprint density at radius 3 is 3.04 bits per heavy atom. The maximum Gasteiger partial charge on any atom is 0.257 e. The first-order valence-electron chi connectivity index (χ1n) is 7.58. The summed E-state index contributed by atoms with van der Waals surface area (Å²) in [5.74, 6) is 0.966. The van der Waals surface area contributed by atoms with Crippen molar-refractivity contribution in [2.45, 2.75) is 26.4 Å². The molecule has 0 fully saturated rings. The summed E-state index contributed by atoms with van der Waals surface area (Å²) >= 11 is 1.57. The fourth-order valence-corrected chi connectivity index (χ4v) is 3.06. The summed E-state index contributed by atoms with van der Waals surface area (Å²) < 4.78 is 10.8. The Hall–Kier alpha value is -2.56. The molecule has 0 saturated heterocycles. The van der Waals surface area contributed by atoms with Crippen LogP contribution in [0.5, 0.6) is 0 Å². The number of hydrogen-bond acceptors (Lipinski definition) is 7. The average Bonchev–Trinajstić information content (AvgIpc) is 3.25. The summed E-state index contributed by atoms with van der Waals surface area (Å²) in [6.45, 7) is 4.61. The van der Waals surface area contributed by atoms with E-state index in [0.29, 0.717) is 30.3 Å². The van der Waals surface area contributed by atoms with Gasteiger partial charge < -0.3 is 9.26 Å². The van der Waals surface area contributed by atoms with Gasteiger partial charge in [0.15, 0.2) is 5.82 Å². The zero-order chi connectivity index (χ0) is 16.9. The zero-order valence-corrected chi connectivity index (χ0v) is 14.2. The van der Waals surface area contributed by atoms with E-state index in [9.17, 15) is 0 Å². The Balaban J connectivity index is 1.73. The molecule has 24 heavy (non-hydrogen) atoms. The topological polar surface area (TPSA) is 84.8 Å². The van der Waals surface area contributed by atoms with E-state index < -0.39 is 0 Å². The highest BCUT2D eigenvalue weighted by atomic mass is 32.1. The summed E-state index contributed by atoms with van der Waals surface area (Å²) in [6, 6.07) is 9.18. The van der Waals surface area contributed by atoms with Crippen molar-refractivity contribution in [2.24, 2.45) is 0 Å². The number of ether oxygens (including phenoxy) is 1. The molecule has 0 aliphatic carbocycles. The number of nitrogens with zero attached hydrogens (tertiary/aromatic N) is 4. The van der Waals surface area contributed by atoms with Crippen LogP contribution in [-0.4, -0.2) is 21.7 Å². The van der Waals surface area contributed by atoms with Crippen molar-refractivity contribution in [1.82, 2.24) is 15.1 Å². The molecule has 2 aromatic heterocycles. The van der Waals surface area contributed by atoms with Gasteiger partial charge in [0, 0.05) is 17.6 Å². The van der Waals surface area contributed by atoms with Gasteiger partial charge >= 0.3 is 0 Å². The molecular formula is C17H16N4O2S. The molecule has 0 aliphatic rings. The molecule has 7 heteroatoms. The normalized spacial score (nSPS) is 12.0. The van der Waals surface area contributed by atoms with Crippen molar-refractivity contribution in [3.8, 4) is 17.5 Å². The van der Waals surface area contributed by atoms with E-state index in [-0.39, 0.29) is 6.10 Å². The lowest BCUT2D eigenvalue weighted by Crippen LogP contribution is -1.99. The van der Waals surface area contributed by atoms with E-state index in [2.05, 4.69) is 21.2 Å². The molecule has 1 atom stereocenters. The second-order valence-electron chi connectivity index (χ2n) is 5.16. The smallest absolute Gasteiger partial charge is 0.257 e. The summed E-state index contributed by atoms with van der Waals surface area (Å²) in [5.41, 5.74) is 2.18. The van der Waals surface area contributed by atoms with E-state index in [0.717, 1.165) is 16.3 Å². The number of aromatic nitrogens is 3. The highest BCUT2D eigenvalue weighted by Gasteiger charge is 2.14. The molecule has 0 spiro atoms. The van der Waals surface area contributed by atoms with Gasteiger partial charge in [-0.15, -0.1) is 11.3 Å². The largest absolute Gasteiger partial charge is 0.372 e. The van der Waals surface area contributed by atoms with Gasteiger partial charge in [-0.25, -0.2) is 4.98 Å². The van der Waals surface area contributed by atoms with Gasteiger partial charge in [0.05, 0.1) is 23.7 Å². The van der Waals surface area contributed by atoms with Crippen molar-refractivity contribution in [3.05, 3.63) is 51.7 Å². The minimum absolute atomic E-state index is 0.0108. The van der Waals surface area contributed by atoms with Crippen LogP contribution in [0.25, 0.3) is 11.5 Å². The van der Waals surface area contributed by atoms with Crippen LogP contribution in [0.4, 0.5) is 0 Å². The SMILES string of the molecule is CCOC(C)c1nc(Cc2noc(-c3cccc(C#N)c3)n2)cs1. The molecule has 0 aliphatic heterocycles. The summed E-state index contributed by atoms with van der Waals surface area (Å²) in [7, 11) is 0. The quantitative estimate of drug-likeness (QED) is 0.679. The monoisotopic (exact) mass is 340 g/mol. The third kappa shape index (κ3) is 3.67. The molecular weight excluding hydrogens is 324 g/mol. The van der Waals surface area contributed by atoms with Gasteiger partial charge in [0.25, 0.3) is 5.89 Å². The van der Waals surface area contributed by atoms with Crippen LogP contribution in [0.15, 0.2) is 34.2 Å². The van der Waals surface area contributed by atoms with Crippen LogP contribution in [0.3, 0.4) is 0 Å².